The van der Waals surface area contributed by atoms with E-state index in [9.17, 15) is 13.2 Å². The molecule has 1 heterocycles. The van der Waals surface area contributed by atoms with Gasteiger partial charge in [0.2, 0.25) is 5.91 Å². The molecular weight excluding hydrogens is 334 g/mol. The summed E-state index contributed by atoms with van der Waals surface area (Å²) in [6.45, 7) is 0. The number of sulfone groups is 1. The highest BCUT2D eigenvalue weighted by molar-refractivity contribution is 7.94. The molecule has 23 heavy (non-hydrogen) atoms. The van der Waals surface area contributed by atoms with Crippen molar-refractivity contribution in [1.82, 2.24) is 0 Å². The van der Waals surface area contributed by atoms with Crippen molar-refractivity contribution in [2.75, 3.05) is 10.7 Å². The third kappa shape index (κ3) is 3.78. The van der Waals surface area contributed by atoms with Gasteiger partial charge in [0.1, 0.15) is 0 Å². The van der Waals surface area contributed by atoms with E-state index in [0.717, 1.165) is 25.7 Å². The molecule has 1 saturated carbocycles. The van der Waals surface area contributed by atoms with Crippen LogP contribution in [0.5, 0.6) is 0 Å². The Kier molecular flexibility index (Phi) is 4.78. The molecule has 0 radical (unpaired) electrons. The second-order valence-corrected chi connectivity index (χ2v) is 8.61. The topological polar surface area (TPSA) is 54.5 Å². The normalized spacial score (nSPS) is 23.8. The van der Waals surface area contributed by atoms with Crippen molar-refractivity contribution in [3.63, 3.8) is 0 Å². The van der Waals surface area contributed by atoms with Crippen molar-refractivity contribution >= 4 is 33.0 Å². The fourth-order valence-electron chi connectivity index (χ4n) is 3.35. The molecule has 1 atom stereocenters. The lowest BCUT2D eigenvalue weighted by molar-refractivity contribution is -0.123. The SMILES string of the molecule is O=C(C1CCCCC1)N(c1ccc(Cl)cc1)[C@@H]1C=CS(=O)(=O)C1. The number of carbonyl (C=O) groups is 1. The number of rotatable bonds is 3. The van der Waals surface area contributed by atoms with Crippen LogP contribution >= 0.6 is 11.6 Å². The fraction of sp³-hybridized carbons (Fsp3) is 0.471. The summed E-state index contributed by atoms with van der Waals surface area (Å²) < 4.78 is 23.6. The maximum absolute atomic E-state index is 13.0. The zero-order valence-electron chi connectivity index (χ0n) is 12.8. The van der Waals surface area contributed by atoms with E-state index in [-0.39, 0.29) is 17.6 Å². The number of hydrogen-bond donors (Lipinski definition) is 0. The molecule has 4 nitrogen and oxygen atoms in total. The van der Waals surface area contributed by atoms with Gasteiger partial charge in [0.05, 0.1) is 11.8 Å². The van der Waals surface area contributed by atoms with Gasteiger partial charge in [0.25, 0.3) is 0 Å². The van der Waals surface area contributed by atoms with E-state index >= 15 is 0 Å². The van der Waals surface area contributed by atoms with E-state index in [1.165, 1.54) is 11.8 Å². The average Bonchev–Trinajstić information content (AvgIpc) is 2.90. The van der Waals surface area contributed by atoms with Crippen molar-refractivity contribution in [2.24, 2.45) is 5.92 Å². The zero-order valence-corrected chi connectivity index (χ0v) is 14.4. The Morgan fingerprint density at radius 3 is 2.30 bits per heavy atom. The molecule has 1 aromatic carbocycles. The summed E-state index contributed by atoms with van der Waals surface area (Å²) in [5.74, 6) is -0.0384. The van der Waals surface area contributed by atoms with E-state index in [1.54, 1.807) is 35.2 Å². The van der Waals surface area contributed by atoms with Gasteiger partial charge in [-0.15, -0.1) is 0 Å². The Hall–Kier alpha value is -1.33. The zero-order chi connectivity index (χ0) is 16.4. The molecule has 0 aromatic heterocycles. The van der Waals surface area contributed by atoms with Gasteiger partial charge in [-0.3, -0.25) is 4.79 Å². The minimum Gasteiger partial charge on any atom is -0.304 e. The van der Waals surface area contributed by atoms with Crippen LogP contribution in [0.1, 0.15) is 32.1 Å². The summed E-state index contributed by atoms with van der Waals surface area (Å²) >= 11 is 5.94. The molecule has 1 fully saturated rings. The smallest absolute Gasteiger partial charge is 0.230 e. The van der Waals surface area contributed by atoms with Gasteiger partial charge in [-0.05, 0) is 43.2 Å². The molecule has 1 aliphatic heterocycles. The fourth-order valence-corrected chi connectivity index (χ4v) is 4.74. The minimum absolute atomic E-state index is 0.0175. The van der Waals surface area contributed by atoms with Crippen LogP contribution in [-0.2, 0) is 14.6 Å². The second kappa shape index (κ2) is 6.65. The highest BCUT2D eigenvalue weighted by atomic mass is 35.5. The maximum Gasteiger partial charge on any atom is 0.230 e. The third-order valence-electron chi connectivity index (χ3n) is 4.54. The lowest BCUT2D eigenvalue weighted by Gasteiger charge is -2.32. The monoisotopic (exact) mass is 353 g/mol. The highest BCUT2D eigenvalue weighted by Gasteiger charge is 2.35. The number of hydrogen-bond acceptors (Lipinski definition) is 3. The molecule has 2 aliphatic rings. The van der Waals surface area contributed by atoms with Crippen LogP contribution in [0, 0.1) is 5.92 Å². The molecule has 1 aromatic rings. The molecule has 124 valence electrons. The molecule has 0 spiro atoms. The van der Waals surface area contributed by atoms with Gasteiger partial charge in [-0.1, -0.05) is 30.9 Å². The second-order valence-electron chi connectivity index (χ2n) is 6.24. The quantitative estimate of drug-likeness (QED) is 0.834. The van der Waals surface area contributed by atoms with E-state index in [2.05, 4.69) is 0 Å². The molecule has 0 unspecified atom stereocenters. The van der Waals surface area contributed by atoms with Gasteiger partial charge in [0.15, 0.2) is 9.84 Å². The molecule has 0 bridgehead atoms. The first-order valence-corrected chi connectivity index (χ1v) is 10.1. The van der Waals surface area contributed by atoms with E-state index in [1.807, 2.05) is 0 Å². The van der Waals surface area contributed by atoms with Gasteiger partial charge in [-0.25, -0.2) is 8.42 Å². The molecule has 0 saturated heterocycles. The number of halogens is 1. The van der Waals surface area contributed by atoms with Crippen molar-refractivity contribution < 1.29 is 13.2 Å². The first kappa shape index (κ1) is 16.5. The van der Waals surface area contributed by atoms with E-state index in [4.69, 9.17) is 11.6 Å². The van der Waals surface area contributed by atoms with E-state index < -0.39 is 15.9 Å². The Bertz CT molecular complexity index is 706. The minimum atomic E-state index is -3.22. The molecule has 3 rings (SSSR count). The van der Waals surface area contributed by atoms with Crippen LogP contribution in [0.3, 0.4) is 0 Å². The summed E-state index contributed by atoms with van der Waals surface area (Å²) in [6.07, 6.45) is 6.67. The third-order valence-corrected chi connectivity index (χ3v) is 6.17. The number of carbonyl (C=O) groups excluding carboxylic acids is 1. The molecular formula is C17H20ClNO3S. The largest absolute Gasteiger partial charge is 0.304 e. The number of amides is 1. The summed E-state index contributed by atoms with van der Waals surface area (Å²) in [5, 5.41) is 1.81. The first-order chi connectivity index (χ1) is 11.0. The predicted octanol–water partition coefficient (Wildman–Crippen LogP) is 3.56. The molecule has 1 aliphatic carbocycles. The number of benzene rings is 1. The van der Waals surface area contributed by atoms with Crippen molar-refractivity contribution in [3.8, 4) is 0 Å². The van der Waals surface area contributed by atoms with Crippen LogP contribution in [0.4, 0.5) is 5.69 Å². The number of nitrogens with zero attached hydrogens (tertiary/aromatic N) is 1. The molecule has 1 amide bonds. The molecule has 6 heteroatoms. The van der Waals surface area contributed by atoms with Crippen LogP contribution in [0.2, 0.25) is 5.02 Å². The van der Waals surface area contributed by atoms with Crippen LogP contribution < -0.4 is 4.90 Å². The summed E-state index contributed by atoms with van der Waals surface area (Å²) in [5.41, 5.74) is 0.705. The Morgan fingerprint density at radius 2 is 1.74 bits per heavy atom. The van der Waals surface area contributed by atoms with Crippen LogP contribution in [0.25, 0.3) is 0 Å². The van der Waals surface area contributed by atoms with Gasteiger partial charge < -0.3 is 4.90 Å². The summed E-state index contributed by atoms with van der Waals surface area (Å²) in [6, 6.07) is 6.58. The average molecular weight is 354 g/mol. The maximum atomic E-state index is 13.0. The lowest BCUT2D eigenvalue weighted by Crippen LogP contribution is -2.44. The highest BCUT2D eigenvalue weighted by Crippen LogP contribution is 2.31. The van der Waals surface area contributed by atoms with Gasteiger partial charge >= 0.3 is 0 Å². The van der Waals surface area contributed by atoms with Crippen molar-refractivity contribution in [2.45, 2.75) is 38.1 Å². The molecule has 0 N–H and O–H groups in total. The summed E-state index contributed by atoms with van der Waals surface area (Å²) in [4.78, 5) is 14.7. The van der Waals surface area contributed by atoms with Crippen molar-refractivity contribution in [1.29, 1.82) is 0 Å². The van der Waals surface area contributed by atoms with E-state index in [0.29, 0.717) is 10.7 Å². The van der Waals surface area contributed by atoms with Gasteiger partial charge in [-0.2, -0.15) is 0 Å². The predicted molar refractivity (Wildman–Crippen MR) is 92.2 cm³/mol. The Balaban J connectivity index is 1.91. The van der Waals surface area contributed by atoms with Crippen LogP contribution in [0.15, 0.2) is 35.7 Å². The van der Waals surface area contributed by atoms with Crippen molar-refractivity contribution in [3.05, 3.63) is 40.8 Å². The first-order valence-electron chi connectivity index (χ1n) is 7.96. The Morgan fingerprint density at radius 1 is 1.09 bits per heavy atom. The van der Waals surface area contributed by atoms with Crippen LogP contribution in [-0.4, -0.2) is 26.1 Å². The Labute approximate surface area is 142 Å². The standard InChI is InChI=1S/C17H20ClNO3S/c18-14-6-8-15(9-7-14)19(16-10-11-23(21,22)12-16)17(20)13-4-2-1-3-5-13/h6-11,13,16H,1-5,12H2/t16-/m1/s1. The van der Waals surface area contributed by atoms with Gasteiger partial charge in [0, 0.05) is 22.0 Å². The summed E-state index contributed by atoms with van der Waals surface area (Å²) in [7, 11) is -3.22. The lowest BCUT2D eigenvalue weighted by atomic mass is 9.88. The number of anilines is 1.